The van der Waals surface area contributed by atoms with Crippen molar-refractivity contribution in [2.24, 2.45) is 11.8 Å². The van der Waals surface area contributed by atoms with Gasteiger partial charge in [-0.3, -0.25) is 5.43 Å². The maximum Gasteiger partial charge on any atom is 0.239 e. The summed E-state index contributed by atoms with van der Waals surface area (Å²) in [5, 5.41) is 3.48. The van der Waals surface area contributed by atoms with Gasteiger partial charge in [0.15, 0.2) is 0 Å². The first-order valence-corrected chi connectivity index (χ1v) is 6.46. The van der Waals surface area contributed by atoms with Crippen molar-refractivity contribution in [2.45, 2.75) is 38.3 Å². The molecule has 2 heterocycles. The summed E-state index contributed by atoms with van der Waals surface area (Å²) < 4.78 is 5.81. The van der Waals surface area contributed by atoms with E-state index in [0.717, 1.165) is 30.3 Å². The Labute approximate surface area is 106 Å². The predicted molar refractivity (Wildman–Crippen MR) is 69.1 cm³/mol. The maximum atomic E-state index is 5.81. The van der Waals surface area contributed by atoms with Gasteiger partial charge in [0.1, 0.15) is 5.82 Å². The first kappa shape index (κ1) is 11.7. The molecule has 18 heavy (non-hydrogen) atoms. The van der Waals surface area contributed by atoms with E-state index in [1.54, 1.807) is 6.20 Å². The third-order valence-electron chi connectivity index (χ3n) is 3.65. The zero-order valence-electron chi connectivity index (χ0n) is 10.5. The van der Waals surface area contributed by atoms with Gasteiger partial charge < -0.3 is 10.1 Å². The van der Waals surface area contributed by atoms with Crippen LogP contribution in [0.1, 0.15) is 24.8 Å². The molecular weight excluding hydrogens is 230 g/mol. The van der Waals surface area contributed by atoms with Crippen molar-refractivity contribution in [1.29, 1.82) is 0 Å². The number of nitrogen functional groups attached to an aromatic ring is 1. The Morgan fingerprint density at radius 1 is 1.39 bits per heavy atom. The molecule has 4 N–H and O–H groups in total. The zero-order chi connectivity index (χ0) is 12.5. The SMILES string of the molecule is Cc1cnc(NN)nc1NC1CCOC1C1CC1. The number of nitrogens with zero attached hydrogens (tertiary/aromatic N) is 2. The van der Waals surface area contributed by atoms with Crippen molar-refractivity contribution in [3.05, 3.63) is 11.8 Å². The molecule has 3 rings (SSSR count). The Morgan fingerprint density at radius 3 is 2.94 bits per heavy atom. The third-order valence-corrected chi connectivity index (χ3v) is 3.65. The number of nitrogens with two attached hydrogens (primary N) is 1. The molecule has 2 unspecified atom stereocenters. The van der Waals surface area contributed by atoms with Crippen LogP contribution in [-0.2, 0) is 4.74 Å². The summed E-state index contributed by atoms with van der Waals surface area (Å²) in [7, 11) is 0. The second-order valence-corrected chi connectivity index (χ2v) is 5.08. The number of aromatic nitrogens is 2. The van der Waals surface area contributed by atoms with Crippen molar-refractivity contribution >= 4 is 11.8 Å². The number of hydrazine groups is 1. The Kier molecular flexibility index (Phi) is 3.05. The summed E-state index contributed by atoms with van der Waals surface area (Å²) in [5.41, 5.74) is 3.50. The second kappa shape index (κ2) is 4.70. The summed E-state index contributed by atoms with van der Waals surface area (Å²) in [5.74, 6) is 7.35. The number of hydrogen-bond acceptors (Lipinski definition) is 6. The molecule has 1 saturated heterocycles. The van der Waals surface area contributed by atoms with E-state index in [0.29, 0.717) is 18.1 Å². The summed E-state index contributed by atoms with van der Waals surface area (Å²) >= 11 is 0. The van der Waals surface area contributed by atoms with E-state index in [1.165, 1.54) is 12.8 Å². The molecular formula is C12H19N5O. The molecule has 2 fully saturated rings. The number of aryl methyl sites for hydroxylation is 1. The number of hydrogen-bond donors (Lipinski definition) is 3. The lowest BCUT2D eigenvalue weighted by atomic mass is 10.1. The van der Waals surface area contributed by atoms with Crippen molar-refractivity contribution in [3.63, 3.8) is 0 Å². The van der Waals surface area contributed by atoms with Gasteiger partial charge >= 0.3 is 0 Å². The summed E-state index contributed by atoms with van der Waals surface area (Å²) in [6.07, 6.45) is 5.74. The highest BCUT2D eigenvalue weighted by molar-refractivity contribution is 5.47. The van der Waals surface area contributed by atoms with E-state index in [9.17, 15) is 0 Å². The van der Waals surface area contributed by atoms with Gasteiger partial charge in [-0.2, -0.15) is 4.98 Å². The van der Waals surface area contributed by atoms with Gasteiger partial charge in [-0.25, -0.2) is 10.8 Å². The van der Waals surface area contributed by atoms with Gasteiger partial charge in [0.25, 0.3) is 0 Å². The van der Waals surface area contributed by atoms with Crippen LogP contribution < -0.4 is 16.6 Å². The Balaban J connectivity index is 1.74. The normalized spacial score (nSPS) is 27.2. The quantitative estimate of drug-likeness (QED) is 0.546. The Hall–Kier alpha value is -1.40. The van der Waals surface area contributed by atoms with Crippen LogP contribution in [0.25, 0.3) is 0 Å². The highest BCUT2D eigenvalue weighted by Gasteiger charge is 2.40. The van der Waals surface area contributed by atoms with Crippen LogP contribution in [0.15, 0.2) is 6.20 Å². The van der Waals surface area contributed by atoms with Crippen LogP contribution in [-0.4, -0.2) is 28.7 Å². The van der Waals surface area contributed by atoms with Crippen LogP contribution in [0.4, 0.5) is 11.8 Å². The number of nitrogens with one attached hydrogen (secondary N) is 2. The number of ether oxygens (including phenoxy) is 1. The van der Waals surface area contributed by atoms with E-state index in [1.807, 2.05) is 6.92 Å². The van der Waals surface area contributed by atoms with Gasteiger partial charge in [0.2, 0.25) is 5.95 Å². The minimum atomic E-state index is 0.341. The van der Waals surface area contributed by atoms with E-state index in [4.69, 9.17) is 10.6 Å². The predicted octanol–water partition coefficient (Wildman–Crippen LogP) is 1.05. The second-order valence-electron chi connectivity index (χ2n) is 5.08. The minimum absolute atomic E-state index is 0.341. The van der Waals surface area contributed by atoms with Crippen molar-refractivity contribution < 1.29 is 4.74 Å². The maximum absolute atomic E-state index is 5.81. The summed E-state index contributed by atoms with van der Waals surface area (Å²) in [4.78, 5) is 8.43. The average Bonchev–Trinajstić information content (AvgIpc) is 3.13. The number of anilines is 2. The van der Waals surface area contributed by atoms with E-state index >= 15 is 0 Å². The molecule has 0 spiro atoms. The highest BCUT2D eigenvalue weighted by atomic mass is 16.5. The van der Waals surface area contributed by atoms with Crippen LogP contribution in [0.5, 0.6) is 0 Å². The van der Waals surface area contributed by atoms with Crippen molar-refractivity contribution in [1.82, 2.24) is 9.97 Å². The molecule has 1 saturated carbocycles. The van der Waals surface area contributed by atoms with Gasteiger partial charge in [-0.05, 0) is 32.1 Å². The lowest BCUT2D eigenvalue weighted by Gasteiger charge is -2.21. The van der Waals surface area contributed by atoms with Crippen molar-refractivity contribution in [2.75, 3.05) is 17.3 Å². The van der Waals surface area contributed by atoms with Crippen molar-refractivity contribution in [3.8, 4) is 0 Å². The highest BCUT2D eigenvalue weighted by Crippen LogP contribution is 2.39. The molecule has 0 radical (unpaired) electrons. The molecule has 1 aliphatic carbocycles. The third kappa shape index (κ3) is 2.26. The van der Waals surface area contributed by atoms with Gasteiger partial charge in [0, 0.05) is 18.4 Å². The van der Waals surface area contributed by atoms with E-state index < -0.39 is 0 Å². The smallest absolute Gasteiger partial charge is 0.239 e. The molecule has 6 nitrogen and oxygen atoms in total. The molecule has 2 aliphatic rings. The molecule has 0 amide bonds. The lowest BCUT2D eigenvalue weighted by Crippen LogP contribution is -2.31. The molecule has 6 heteroatoms. The van der Waals surface area contributed by atoms with Gasteiger partial charge in [0.05, 0.1) is 12.1 Å². The standard InChI is InChI=1S/C12H19N5O/c1-7-6-14-12(17-13)16-11(7)15-9-4-5-18-10(9)8-2-3-8/h6,8-10H,2-5,13H2,1H3,(H2,14,15,16,17). The van der Waals surface area contributed by atoms with Gasteiger partial charge in [-0.1, -0.05) is 0 Å². The first-order valence-electron chi connectivity index (χ1n) is 6.46. The molecule has 0 aromatic carbocycles. The van der Waals surface area contributed by atoms with Gasteiger partial charge in [-0.15, -0.1) is 0 Å². The fourth-order valence-corrected chi connectivity index (χ4v) is 2.49. The van der Waals surface area contributed by atoms with Crippen LogP contribution >= 0.6 is 0 Å². The Bertz CT molecular complexity index is 434. The molecule has 0 bridgehead atoms. The topological polar surface area (TPSA) is 85.1 Å². The van der Waals surface area contributed by atoms with Crippen LogP contribution in [0.3, 0.4) is 0 Å². The molecule has 1 aromatic rings. The zero-order valence-corrected chi connectivity index (χ0v) is 10.5. The van der Waals surface area contributed by atoms with E-state index in [2.05, 4.69) is 20.7 Å². The first-order chi connectivity index (χ1) is 8.78. The Morgan fingerprint density at radius 2 is 2.22 bits per heavy atom. The van der Waals surface area contributed by atoms with Crippen LogP contribution in [0, 0.1) is 12.8 Å². The molecule has 1 aliphatic heterocycles. The average molecular weight is 249 g/mol. The fourth-order valence-electron chi connectivity index (χ4n) is 2.49. The molecule has 98 valence electrons. The minimum Gasteiger partial charge on any atom is -0.376 e. The summed E-state index contributed by atoms with van der Waals surface area (Å²) in [6.45, 7) is 2.83. The van der Waals surface area contributed by atoms with Crippen LogP contribution in [0.2, 0.25) is 0 Å². The summed E-state index contributed by atoms with van der Waals surface area (Å²) in [6, 6.07) is 0.358. The van der Waals surface area contributed by atoms with E-state index in [-0.39, 0.29) is 0 Å². The lowest BCUT2D eigenvalue weighted by molar-refractivity contribution is 0.0898. The fraction of sp³-hybridized carbons (Fsp3) is 0.667. The molecule has 1 aromatic heterocycles. The molecule has 2 atom stereocenters. The number of rotatable bonds is 4. The largest absolute Gasteiger partial charge is 0.376 e. The monoisotopic (exact) mass is 249 g/mol.